The molecule has 2 aromatic rings. The molecule has 0 spiro atoms. The van der Waals surface area contributed by atoms with Gasteiger partial charge in [0.1, 0.15) is 0 Å². The van der Waals surface area contributed by atoms with Crippen molar-refractivity contribution in [2.75, 3.05) is 33.3 Å². The predicted molar refractivity (Wildman–Crippen MR) is 127 cm³/mol. The highest BCUT2D eigenvalue weighted by atomic mass is 35.5. The van der Waals surface area contributed by atoms with Crippen molar-refractivity contribution in [1.82, 2.24) is 14.8 Å². The number of hydrogen-bond donors (Lipinski definition) is 1. The second kappa shape index (κ2) is 9.52. The van der Waals surface area contributed by atoms with Crippen molar-refractivity contribution in [3.05, 3.63) is 63.9 Å². The molecule has 4 rings (SSSR count). The van der Waals surface area contributed by atoms with Gasteiger partial charge in [-0.25, -0.2) is 4.79 Å². The second-order valence-corrected chi connectivity index (χ2v) is 9.73. The molecule has 1 aliphatic heterocycles. The topological polar surface area (TPSA) is 75.1 Å². The van der Waals surface area contributed by atoms with Crippen LogP contribution >= 0.6 is 11.6 Å². The van der Waals surface area contributed by atoms with E-state index < -0.39 is 18.0 Å². The molecule has 0 radical (unpaired) electrons. The molecule has 2 unspecified atom stereocenters. The molecular weight excluding hydrogens is 442 g/mol. The first kappa shape index (κ1) is 23.9. The molecule has 0 amide bonds. The summed E-state index contributed by atoms with van der Waals surface area (Å²) < 4.78 is 10.8. The Bertz CT molecular complexity index is 1060. The van der Waals surface area contributed by atoms with Crippen molar-refractivity contribution in [3.8, 4) is 0 Å². The molecule has 1 N–H and O–H groups in total. The van der Waals surface area contributed by atoms with Crippen LogP contribution in [0.5, 0.6) is 0 Å². The van der Waals surface area contributed by atoms with E-state index in [9.17, 15) is 9.90 Å². The Balaban J connectivity index is 1.70. The number of aromatic nitrogens is 1. The highest BCUT2D eigenvalue weighted by Crippen LogP contribution is 2.40. The van der Waals surface area contributed by atoms with E-state index in [4.69, 9.17) is 26.1 Å². The number of carbonyl (C=O) groups excluding carboxylic acids is 1. The third-order valence-corrected chi connectivity index (χ3v) is 6.16. The fraction of sp³-hybridized carbons (Fsp3) is 0.440. The Kier molecular flexibility index (Phi) is 6.88. The standard InChI is InChI=1S/C25H30ClN3O4/c1-25(2,3)33-24(31)29-12-10-28(11-13-29)22-18-8-7-17(26)14-16(18)15-20(23(30)32-4)19-6-5-9-27-21(19)22/h5-9,14-15,22,24,31H,10-13H2,1-4H3. The minimum atomic E-state index is -0.953. The number of hydrogen-bond acceptors (Lipinski definition) is 7. The van der Waals surface area contributed by atoms with Crippen LogP contribution in [-0.2, 0) is 14.3 Å². The predicted octanol–water partition coefficient (Wildman–Crippen LogP) is 3.56. The van der Waals surface area contributed by atoms with Crippen LogP contribution in [0.15, 0.2) is 36.5 Å². The largest absolute Gasteiger partial charge is 0.465 e. The third kappa shape index (κ3) is 5.13. The first-order valence-electron chi connectivity index (χ1n) is 11.1. The van der Waals surface area contributed by atoms with E-state index in [1.165, 1.54) is 7.11 Å². The maximum absolute atomic E-state index is 12.7. The molecule has 7 nitrogen and oxygen atoms in total. The van der Waals surface area contributed by atoms with E-state index in [1.807, 2.05) is 62.1 Å². The van der Waals surface area contributed by atoms with E-state index in [1.54, 1.807) is 6.20 Å². The molecule has 0 bridgehead atoms. The van der Waals surface area contributed by atoms with Crippen molar-refractivity contribution in [2.45, 2.75) is 38.8 Å². The lowest BCUT2D eigenvalue weighted by Crippen LogP contribution is -2.53. The molecule has 8 heteroatoms. The van der Waals surface area contributed by atoms with Crippen LogP contribution < -0.4 is 0 Å². The Morgan fingerprint density at radius 1 is 1.21 bits per heavy atom. The third-order valence-electron chi connectivity index (χ3n) is 5.92. The van der Waals surface area contributed by atoms with Crippen LogP contribution in [0.25, 0.3) is 11.6 Å². The molecule has 1 aromatic heterocycles. The average molecular weight is 472 g/mol. The molecule has 2 heterocycles. The molecule has 2 atom stereocenters. The molecule has 1 aliphatic carbocycles. The molecular formula is C25H30ClN3O4. The number of nitrogens with zero attached hydrogens (tertiary/aromatic N) is 3. The second-order valence-electron chi connectivity index (χ2n) is 9.29. The van der Waals surface area contributed by atoms with Gasteiger partial charge < -0.3 is 14.6 Å². The normalized spacial score (nSPS) is 20.3. The Morgan fingerprint density at radius 3 is 2.61 bits per heavy atom. The quantitative estimate of drug-likeness (QED) is 0.539. The Labute approximate surface area is 199 Å². The zero-order valence-electron chi connectivity index (χ0n) is 19.4. The summed E-state index contributed by atoms with van der Waals surface area (Å²) in [5.74, 6) is -0.414. The first-order valence-corrected chi connectivity index (χ1v) is 11.4. The monoisotopic (exact) mass is 471 g/mol. The number of fused-ring (bicyclic) bond motifs is 2. The molecule has 2 aliphatic rings. The summed E-state index contributed by atoms with van der Waals surface area (Å²) in [4.78, 5) is 21.7. The van der Waals surface area contributed by atoms with Gasteiger partial charge in [0.2, 0.25) is 6.41 Å². The fourth-order valence-corrected chi connectivity index (χ4v) is 4.60. The maximum atomic E-state index is 12.7. The van der Waals surface area contributed by atoms with Crippen LogP contribution in [0.1, 0.15) is 49.2 Å². The van der Waals surface area contributed by atoms with E-state index >= 15 is 0 Å². The van der Waals surface area contributed by atoms with Crippen LogP contribution in [0.4, 0.5) is 0 Å². The molecule has 1 fully saturated rings. The summed E-state index contributed by atoms with van der Waals surface area (Å²) in [6.45, 7) is 8.44. The smallest absolute Gasteiger partial charge is 0.338 e. The van der Waals surface area contributed by atoms with Gasteiger partial charge in [-0.3, -0.25) is 14.8 Å². The van der Waals surface area contributed by atoms with Crippen molar-refractivity contribution >= 4 is 29.2 Å². The lowest BCUT2D eigenvalue weighted by Gasteiger charge is -2.42. The van der Waals surface area contributed by atoms with Gasteiger partial charge in [-0.15, -0.1) is 0 Å². The van der Waals surface area contributed by atoms with Crippen molar-refractivity contribution in [3.63, 3.8) is 0 Å². The van der Waals surface area contributed by atoms with Crippen molar-refractivity contribution in [1.29, 1.82) is 0 Å². The Morgan fingerprint density at radius 2 is 1.94 bits per heavy atom. The van der Waals surface area contributed by atoms with Gasteiger partial charge in [-0.1, -0.05) is 23.7 Å². The molecule has 1 saturated heterocycles. The Hall–Kier alpha value is -2.29. The molecule has 176 valence electrons. The van der Waals surface area contributed by atoms with Crippen LogP contribution in [0.3, 0.4) is 0 Å². The van der Waals surface area contributed by atoms with Gasteiger partial charge in [-0.05, 0) is 56.2 Å². The van der Waals surface area contributed by atoms with Gasteiger partial charge in [0.25, 0.3) is 0 Å². The number of aliphatic hydroxyl groups excluding tert-OH is 1. The summed E-state index contributed by atoms with van der Waals surface area (Å²) >= 11 is 6.32. The average Bonchev–Trinajstić information content (AvgIpc) is 2.92. The fourth-order valence-electron chi connectivity index (χ4n) is 4.42. The van der Waals surface area contributed by atoms with Crippen LogP contribution in [0, 0.1) is 0 Å². The summed E-state index contributed by atoms with van der Waals surface area (Å²) in [7, 11) is 1.38. The number of rotatable bonds is 4. The van der Waals surface area contributed by atoms with Crippen molar-refractivity contribution < 1.29 is 19.4 Å². The minimum absolute atomic E-state index is 0.172. The first-order chi connectivity index (χ1) is 15.7. The molecule has 1 aromatic carbocycles. The summed E-state index contributed by atoms with van der Waals surface area (Å²) in [6.07, 6.45) is 2.63. The summed E-state index contributed by atoms with van der Waals surface area (Å²) in [5, 5.41) is 11.1. The summed E-state index contributed by atoms with van der Waals surface area (Å²) in [6, 6.07) is 9.30. The number of halogens is 1. The van der Waals surface area contributed by atoms with Crippen LogP contribution in [-0.4, -0.2) is 71.2 Å². The maximum Gasteiger partial charge on any atom is 0.338 e. The highest BCUT2D eigenvalue weighted by Gasteiger charge is 2.35. The number of pyridine rings is 1. The lowest BCUT2D eigenvalue weighted by molar-refractivity contribution is -0.244. The zero-order chi connectivity index (χ0) is 23.8. The number of carbonyl (C=O) groups is 1. The van der Waals surface area contributed by atoms with E-state index in [-0.39, 0.29) is 6.04 Å². The van der Waals surface area contributed by atoms with E-state index in [2.05, 4.69) is 4.90 Å². The van der Waals surface area contributed by atoms with Gasteiger partial charge >= 0.3 is 5.97 Å². The number of ether oxygens (including phenoxy) is 2. The van der Waals surface area contributed by atoms with Gasteiger partial charge in [0, 0.05) is 43.0 Å². The highest BCUT2D eigenvalue weighted by molar-refractivity contribution is 6.31. The number of piperazine rings is 1. The van der Waals surface area contributed by atoms with E-state index in [0.29, 0.717) is 36.8 Å². The lowest BCUT2D eigenvalue weighted by atomic mass is 9.95. The molecule has 33 heavy (non-hydrogen) atoms. The zero-order valence-corrected chi connectivity index (χ0v) is 20.2. The van der Waals surface area contributed by atoms with E-state index in [0.717, 1.165) is 22.4 Å². The molecule has 0 saturated carbocycles. The summed E-state index contributed by atoms with van der Waals surface area (Å²) in [5.41, 5.74) is 3.46. The van der Waals surface area contributed by atoms with Crippen molar-refractivity contribution in [2.24, 2.45) is 0 Å². The minimum Gasteiger partial charge on any atom is -0.465 e. The van der Waals surface area contributed by atoms with Crippen LogP contribution in [0.2, 0.25) is 5.02 Å². The van der Waals surface area contributed by atoms with Gasteiger partial charge in [0.05, 0.1) is 30.0 Å². The number of aliphatic hydroxyl groups is 1. The van der Waals surface area contributed by atoms with Gasteiger partial charge in [0.15, 0.2) is 0 Å². The number of benzene rings is 1. The number of methoxy groups -OCH3 is 1. The SMILES string of the molecule is COC(=O)C1=Cc2cc(Cl)ccc2C(N2CCN(C(O)OC(C)(C)C)CC2)c2ncccc21. The van der Waals surface area contributed by atoms with Gasteiger partial charge in [-0.2, -0.15) is 0 Å². The number of esters is 1.